The third-order valence-electron chi connectivity index (χ3n) is 7.37. The van der Waals surface area contributed by atoms with Gasteiger partial charge >= 0.3 is 10.4 Å². The molecular formula is C28H29N5O21S6. The van der Waals surface area contributed by atoms with Crippen molar-refractivity contribution in [1.29, 1.82) is 0 Å². The Bertz CT molecular complexity index is 2740. The number of phenolic OH excluding ortho intramolecular Hbond substituents is 1. The molecule has 60 heavy (non-hydrogen) atoms. The van der Waals surface area contributed by atoms with E-state index in [-0.39, 0.29) is 67.8 Å². The summed E-state index contributed by atoms with van der Waals surface area (Å²) in [6.07, 6.45) is 0. The van der Waals surface area contributed by atoms with Crippen LogP contribution in [0.25, 0.3) is 10.8 Å². The highest BCUT2D eigenvalue weighted by atomic mass is 32.3. The third kappa shape index (κ3) is 12.4. The van der Waals surface area contributed by atoms with E-state index in [1.807, 2.05) is 0 Å². The van der Waals surface area contributed by atoms with Crippen molar-refractivity contribution in [3.05, 3.63) is 48.5 Å². The predicted molar refractivity (Wildman–Crippen MR) is 205 cm³/mol. The van der Waals surface area contributed by atoms with Gasteiger partial charge < -0.3 is 20.3 Å². The van der Waals surface area contributed by atoms with Crippen LogP contribution < -0.4 is 15.2 Å². The van der Waals surface area contributed by atoms with Crippen molar-refractivity contribution in [1.82, 2.24) is 0 Å². The average Bonchev–Trinajstić information content (AvgIpc) is 3.17. The number of nitrogens with zero attached hydrogens (tertiary/aromatic N) is 4. The number of hydrogen-bond acceptors (Lipinski definition) is 26. The quantitative estimate of drug-likeness (QED) is 0.0114. The number of sulfone groups is 2. The van der Waals surface area contributed by atoms with E-state index in [0.29, 0.717) is 0 Å². The highest BCUT2D eigenvalue weighted by molar-refractivity contribution is 7.94. The van der Waals surface area contributed by atoms with E-state index in [4.69, 9.17) is 34.5 Å². The summed E-state index contributed by atoms with van der Waals surface area (Å²) in [4.78, 5) is -1.96. The fourth-order valence-electron chi connectivity index (χ4n) is 4.84. The van der Waals surface area contributed by atoms with Crippen molar-refractivity contribution in [2.75, 3.05) is 44.7 Å². The summed E-state index contributed by atoms with van der Waals surface area (Å²) in [5.74, 6) is -2.76. The van der Waals surface area contributed by atoms with Gasteiger partial charge in [-0.3, -0.25) is 13.3 Å². The van der Waals surface area contributed by atoms with Gasteiger partial charge in [-0.2, -0.15) is 21.9 Å². The maximum atomic E-state index is 13.1. The van der Waals surface area contributed by atoms with Gasteiger partial charge in [0, 0.05) is 12.1 Å². The summed E-state index contributed by atoms with van der Waals surface area (Å²) in [7, 11) is -16.2. The SMILES string of the molecule is COc1cc(S(=O)(=O)CCOSOOO)c(OC)cc1N=Nc1c(SOOO)cc2cc(S(=O)(=O)O)c(N=Nc3cccc(S(=O)(=O)CCOS(=O)(=O)O)c3)c(N)c2c1O. The van der Waals surface area contributed by atoms with E-state index in [1.165, 1.54) is 19.2 Å². The minimum absolute atomic E-state index is 0.161. The lowest BCUT2D eigenvalue weighted by atomic mass is 10.1. The first-order valence-corrected chi connectivity index (χ1v) is 23.0. The number of rotatable bonds is 22. The minimum atomic E-state index is -5.18. The van der Waals surface area contributed by atoms with Gasteiger partial charge in [-0.15, -0.1) is 24.0 Å². The van der Waals surface area contributed by atoms with Gasteiger partial charge in [-0.05, 0) is 35.7 Å². The van der Waals surface area contributed by atoms with Gasteiger partial charge in [0.25, 0.3) is 10.1 Å². The predicted octanol–water partition coefficient (Wildman–Crippen LogP) is 5.02. The van der Waals surface area contributed by atoms with E-state index in [2.05, 4.69) is 43.4 Å². The Hall–Kier alpha value is -4.36. The van der Waals surface area contributed by atoms with E-state index in [1.54, 1.807) is 0 Å². The largest absolute Gasteiger partial charge is 0.505 e. The van der Waals surface area contributed by atoms with Crippen LogP contribution in [-0.4, -0.2) is 97.3 Å². The number of azo groups is 2. The molecule has 0 atom stereocenters. The molecule has 0 bridgehead atoms. The average molecular weight is 964 g/mol. The fourth-order valence-corrected chi connectivity index (χ4v) is 9.10. The molecular weight excluding hydrogens is 935 g/mol. The molecule has 0 spiro atoms. The van der Waals surface area contributed by atoms with Crippen molar-refractivity contribution in [3.8, 4) is 17.2 Å². The smallest absolute Gasteiger partial charge is 0.397 e. The summed E-state index contributed by atoms with van der Waals surface area (Å²) < 4.78 is 145. The lowest BCUT2D eigenvalue weighted by molar-refractivity contribution is -0.434. The first kappa shape index (κ1) is 48.3. The normalized spacial score (nSPS) is 12.8. The zero-order chi connectivity index (χ0) is 44.5. The third-order valence-corrected chi connectivity index (χ3v) is 13.1. The Balaban J connectivity index is 1.84. The molecule has 7 N–H and O–H groups in total. The standard InChI is InChI=1S/C28H29N5O21S6/c1-47-19-14-22(58(39,40)8-6-49-56-54-52-36)20(48-2)13-18(19)31-32-26-21(55-53-51-35)10-15-11-23(59(41,42)43)27(25(29)24(15)28(26)34)33-30-16-4-3-5-17(12-16)57(37,38)9-7-50-60(44,45)46/h3-5,10-14,34-36H,6-9,29H2,1-2H3,(H,41,42,43)(H,44,45,46). The van der Waals surface area contributed by atoms with Gasteiger partial charge in [0.15, 0.2) is 37.7 Å². The maximum absolute atomic E-state index is 13.1. The van der Waals surface area contributed by atoms with Crippen LogP contribution in [0.4, 0.5) is 28.4 Å². The topological polar surface area (TPSA) is 387 Å². The van der Waals surface area contributed by atoms with Crippen molar-refractivity contribution in [2.24, 2.45) is 20.5 Å². The Labute approximate surface area is 347 Å². The van der Waals surface area contributed by atoms with Gasteiger partial charge in [-0.25, -0.2) is 31.5 Å². The van der Waals surface area contributed by atoms with Gasteiger partial charge in [-0.1, -0.05) is 16.1 Å². The van der Waals surface area contributed by atoms with Crippen molar-refractivity contribution >= 4 is 104 Å². The van der Waals surface area contributed by atoms with Crippen LogP contribution in [0.5, 0.6) is 17.2 Å². The molecule has 0 fully saturated rings. The number of hydrogen-bond donors (Lipinski definition) is 6. The molecule has 328 valence electrons. The molecule has 0 amide bonds. The summed E-state index contributed by atoms with van der Waals surface area (Å²) in [6.45, 7) is -1.36. The minimum Gasteiger partial charge on any atom is -0.505 e. The molecule has 32 heteroatoms. The Morgan fingerprint density at radius 2 is 1.40 bits per heavy atom. The van der Waals surface area contributed by atoms with Crippen LogP contribution in [-0.2, 0) is 67.3 Å². The number of ether oxygens (including phenoxy) is 2. The molecule has 0 aliphatic carbocycles. The van der Waals surface area contributed by atoms with Gasteiger partial charge in [0.1, 0.15) is 38.4 Å². The zero-order valence-corrected chi connectivity index (χ0v) is 34.9. The summed E-state index contributed by atoms with van der Waals surface area (Å²) in [5.41, 5.74) is 4.04. The number of fused-ring (bicyclic) bond motifs is 1. The highest BCUT2D eigenvalue weighted by Gasteiger charge is 2.27. The van der Waals surface area contributed by atoms with Crippen LogP contribution in [0, 0.1) is 0 Å². The highest BCUT2D eigenvalue weighted by Crippen LogP contribution is 2.50. The van der Waals surface area contributed by atoms with Crippen molar-refractivity contribution < 1.29 is 95.0 Å². The van der Waals surface area contributed by atoms with Gasteiger partial charge in [0.05, 0.1) is 77.5 Å². The van der Waals surface area contributed by atoms with Crippen LogP contribution in [0.2, 0.25) is 0 Å². The van der Waals surface area contributed by atoms with Gasteiger partial charge in [0.2, 0.25) is 0 Å². The molecule has 0 aliphatic rings. The number of phenols is 1. The molecule has 0 saturated carbocycles. The van der Waals surface area contributed by atoms with E-state index < -0.39 is 97.5 Å². The summed E-state index contributed by atoms with van der Waals surface area (Å²) >= 11 is 0.389. The number of methoxy groups -OCH3 is 2. The molecule has 4 aromatic carbocycles. The monoisotopic (exact) mass is 963 g/mol. The Morgan fingerprint density at radius 3 is 2.03 bits per heavy atom. The number of benzene rings is 4. The molecule has 4 rings (SSSR count). The first-order chi connectivity index (χ1) is 28.2. The summed E-state index contributed by atoms with van der Waals surface area (Å²) in [5, 5.41) is 50.7. The maximum Gasteiger partial charge on any atom is 0.397 e. The van der Waals surface area contributed by atoms with E-state index >= 15 is 0 Å². The number of nitrogens with two attached hydrogens (primary N) is 1. The second kappa shape index (κ2) is 20.5. The molecule has 0 aromatic heterocycles. The van der Waals surface area contributed by atoms with E-state index in [9.17, 15) is 43.3 Å². The number of nitrogen functional groups attached to an aromatic ring is 1. The van der Waals surface area contributed by atoms with Crippen molar-refractivity contribution in [3.63, 3.8) is 0 Å². The number of aromatic hydroxyl groups is 1. The first-order valence-electron chi connectivity index (χ1n) is 15.4. The second-order valence-electron chi connectivity index (χ2n) is 11.0. The molecule has 0 unspecified atom stereocenters. The Morgan fingerprint density at radius 1 is 0.733 bits per heavy atom. The van der Waals surface area contributed by atoms with E-state index in [0.717, 1.165) is 43.5 Å². The van der Waals surface area contributed by atoms with Crippen LogP contribution >= 0.6 is 24.4 Å². The second-order valence-corrected chi connectivity index (χ2v) is 18.9. The molecule has 0 radical (unpaired) electrons. The zero-order valence-electron chi connectivity index (χ0n) is 30.0. The number of anilines is 1. The van der Waals surface area contributed by atoms with Crippen LogP contribution in [0.3, 0.4) is 0 Å². The van der Waals surface area contributed by atoms with Crippen LogP contribution in [0.1, 0.15) is 0 Å². The summed E-state index contributed by atoms with van der Waals surface area (Å²) in [6, 6.07) is 8.61. The lowest BCUT2D eigenvalue weighted by Gasteiger charge is -2.15. The molecule has 0 heterocycles. The fraction of sp³-hybridized carbons (Fsp3) is 0.214. The van der Waals surface area contributed by atoms with Crippen LogP contribution in [0.15, 0.2) is 88.6 Å². The lowest BCUT2D eigenvalue weighted by Crippen LogP contribution is -2.15. The van der Waals surface area contributed by atoms with Crippen molar-refractivity contribution in [2.45, 2.75) is 19.6 Å². The molecule has 4 aromatic rings. The Kier molecular flexibility index (Phi) is 16.5. The molecule has 26 nitrogen and oxygen atoms in total. The molecule has 0 aliphatic heterocycles. The molecule has 0 saturated heterocycles.